The summed E-state index contributed by atoms with van der Waals surface area (Å²) in [5, 5.41) is 1.15. The smallest absolute Gasteiger partial charge is 0.147 e. The zero-order valence-electron chi connectivity index (χ0n) is 14.6. The third-order valence-electron chi connectivity index (χ3n) is 5.61. The van der Waals surface area contributed by atoms with Gasteiger partial charge in [-0.2, -0.15) is 0 Å². The van der Waals surface area contributed by atoms with Crippen molar-refractivity contribution in [2.24, 2.45) is 5.41 Å². The first-order valence-corrected chi connectivity index (χ1v) is 10.2. The number of nitrogens with two attached hydrogens (primary N) is 2. The minimum Gasteiger partial charge on any atom is -0.384 e. The summed E-state index contributed by atoms with van der Waals surface area (Å²) in [6.45, 7) is 2.15. The van der Waals surface area contributed by atoms with Gasteiger partial charge in [0.05, 0.1) is 17.4 Å². The van der Waals surface area contributed by atoms with Crippen molar-refractivity contribution in [2.45, 2.75) is 48.4 Å². The molecule has 0 unspecified atom stereocenters. The van der Waals surface area contributed by atoms with Crippen LogP contribution in [-0.2, 0) is 0 Å². The van der Waals surface area contributed by atoms with Crippen molar-refractivity contribution in [3.63, 3.8) is 0 Å². The molecule has 0 atom stereocenters. The molecular formula is C18H23ClN6S. The van der Waals surface area contributed by atoms with Gasteiger partial charge >= 0.3 is 0 Å². The molecule has 1 saturated heterocycles. The predicted octanol–water partition coefficient (Wildman–Crippen LogP) is 4.00. The fraction of sp³-hybridized carbons (Fsp3) is 0.500. The molecule has 4 N–H and O–H groups in total. The van der Waals surface area contributed by atoms with Gasteiger partial charge in [0.1, 0.15) is 22.5 Å². The van der Waals surface area contributed by atoms with Crippen molar-refractivity contribution in [1.82, 2.24) is 15.0 Å². The minimum absolute atomic E-state index is 0.230. The summed E-state index contributed by atoms with van der Waals surface area (Å²) in [5.74, 6) is 1.52. The summed E-state index contributed by atoms with van der Waals surface area (Å²) >= 11 is 7.60. The highest BCUT2D eigenvalue weighted by atomic mass is 35.5. The third kappa shape index (κ3) is 3.55. The lowest BCUT2D eigenvalue weighted by Gasteiger charge is -2.39. The molecule has 1 aliphatic heterocycles. The molecule has 1 spiro atoms. The van der Waals surface area contributed by atoms with Gasteiger partial charge in [-0.1, -0.05) is 36.2 Å². The standard InChI is InChI=1S/C18H23ClN6S/c19-16-12(9-13(20)24-17(16)21)26-15-11-22-14(10-23-15)25-7-5-18(6-8-25)3-1-2-4-18/h9-11H,1-8H2,(H4,20,21,24). The van der Waals surface area contributed by atoms with E-state index in [0.29, 0.717) is 16.3 Å². The van der Waals surface area contributed by atoms with Crippen molar-refractivity contribution >= 4 is 40.8 Å². The largest absolute Gasteiger partial charge is 0.384 e. The Morgan fingerprint density at radius 2 is 1.77 bits per heavy atom. The molecule has 2 fully saturated rings. The van der Waals surface area contributed by atoms with Gasteiger partial charge in [0.2, 0.25) is 0 Å². The summed E-state index contributed by atoms with van der Waals surface area (Å²) in [5.41, 5.74) is 12.1. The molecule has 8 heteroatoms. The van der Waals surface area contributed by atoms with Crippen LogP contribution >= 0.6 is 23.4 Å². The fourth-order valence-corrected chi connectivity index (χ4v) is 5.11. The average Bonchev–Trinajstić information content (AvgIpc) is 3.09. The number of hydrogen-bond acceptors (Lipinski definition) is 7. The van der Waals surface area contributed by atoms with E-state index in [1.165, 1.54) is 50.3 Å². The topological polar surface area (TPSA) is 94.0 Å². The van der Waals surface area contributed by atoms with E-state index in [2.05, 4.69) is 19.9 Å². The number of nitrogens with zero attached hydrogens (tertiary/aromatic N) is 4. The molecule has 1 aliphatic carbocycles. The van der Waals surface area contributed by atoms with Gasteiger partial charge in [-0.15, -0.1) is 0 Å². The molecule has 26 heavy (non-hydrogen) atoms. The fourth-order valence-electron chi connectivity index (χ4n) is 4.09. The lowest BCUT2D eigenvalue weighted by Crippen LogP contribution is -2.39. The van der Waals surface area contributed by atoms with Crippen LogP contribution in [0.1, 0.15) is 38.5 Å². The van der Waals surface area contributed by atoms with Crippen LogP contribution in [0.2, 0.25) is 5.02 Å². The first-order chi connectivity index (χ1) is 12.5. The molecule has 0 bridgehead atoms. The van der Waals surface area contributed by atoms with Crippen LogP contribution in [0, 0.1) is 5.41 Å². The Morgan fingerprint density at radius 3 is 2.42 bits per heavy atom. The van der Waals surface area contributed by atoms with Crippen molar-refractivity contribution in [3.05, 3.63) is 23.5 Å². The van der Waals surface area contributed by atoms with E-state index in [9.17, 15) is 0 Å². The summed E-state index contributed by atoms with van der Waals surface area (Å²) in [4.78, 5) is 16.2. The minimum atomic E-state index is 0.230. The number of piperidine rings is 1. The maximum atomic E-state index is 6.21. The van der Waals surface area contributed by atoms with Crippen LogP contribution in [0.25, 0.3) is 0 Å². The maximum absolute atomic E-state index is 6.21. The number of nitrogen functional groups attached to an aromatic ring is 2. The molecule has 3 heterocycles. The van der Waals surface area contributed by atoms with Crippen LogP contribution in [-0.4, -0.2) is 28.0 Å². The van der Waals surface area contributed by atoms with E-state index in [-0.39, 0.29) is 5.82 Å². The van der Waals surface area contributed by atoms with Gasteiger partial charge in [0.25, 0.3) is 0 Å². The molecule has 0 aromatic carbocycles. The number of rotatable bonds is 3. The highest BCUT2D eigenvalue weighted by molar-refractivity contribution is 7.99. The Labute approximate surface area is 162 Å². The number of hydrogen-bond donors (Lipinski definition) is 2. The van der Waals surface area contributed by atoms with Gasteiger partial charge in [-0.3, -0.25) is 0 Å². The Bertz CT molecular complexity index is 781. The zero-order valence-corrected chi connectivity index (χ0v) is 16.2. The highest BCUT2D eigenvalue weighted by Gasteiger charge is 2.37. The number of halogens is 1. The third-order valence-corrected chi connectivity index (χ3v) is 7.08. The molecule has 6 nitrogen and oxygen atoms in total. The molecule has 2 aromatic heterocycles. The average molecular weight is 391 g/mol. The Balaban J connectivity index is 1.43. The van der Waals surface area contributed by atoms with Crippen LogP contribution in [0.15, 0.2) is 28.4 Å². The molecule has 2 aliphatic rings. The van der Waals surface area contributed by atoms with Gasteiger partial charge in [0.15, 0.2) is 0 Å². The van der Waals surface area contributed by atoms with E-state index in [0.717, 1.165) is 28.8 Å². The molecule has 138 valence electrons. The summed E-state index contributed by atoms with van der Waals surface area (Å²) < 4.78 is 0. The van der Waals surface area contributed by atoms with E-state index >= 15 is 0 Å². The van der Waals surface area contributed by atoms with E-state index in [4.69, 9.17) is 23.1 Å². The van der Waals surface area contributed by atoms with Crippen LogP contribution in [0.4, 0.5) is 17.5 Å². The molecule has 0 radical (unpaired) electrons. The SMILES string of the molecule is Nc1cc(Sc2cnc(N3CCC4(CCCC4)CC3)cn2)c(Cl)c(N)n1. The molecule has 4 rings (SSSR count). The molecule has 1 saturated carbocycles. The quantitative estimate of drug-likeness (QED) is 0.817. The number of anilines is 3. The van der Waals surface area contributed by atoms with Crippen molar-refractivity contribution in [2.75, 3.05) is 29.5 Å². The Morgan fingerprint density at radius 1 is 1.04 bits per heavy atom. The second-order valence-electron chi connectivity index (χ2n) is 7.25. The van der Waals surface area contributed by atoms with E-state index in [1.807, 2.05) is 6.20 Å². The zero-order chi connectivity index (χ0) is 18.1. The summed E-state index contributed by atoms with van der Waals surface area (Å²) in [7, 11) is 0. The van der Waals surface area contributed by atoms with Crippen molar-refractivity contribution < 1.29 is 0 Å². The molecule has 0 amide bonds. The lowest BCUT2D eigenvalue weighted by atomic mass is 9.77. The lowest BCUT2D eigenvalue weighted by molar-refractivity contribution is 0.226. The van der Waals surface area contributed by atoms with Crippen molar-refractivity contribution in [1.29, 1.82) is 0 Å². The molecular weight excluding hydrogens is 368 g/mol. The second kappa shape index (κ2) is 7.12. The van der Waals surface area contributed by atoms with E-state index in [1.54, 1.807) is 12.3 Å². The first kappa shape index (κ1) is 17.7. The van der Waals surface area contributed by atoms with Gasteiger partial charge in [-0.25, -0.2) is 15.0 Å². The predicted molar refractivity (Wildman–Crippen MR) is 107 cm³/mol. The second-order valence-corrected chi connectivity index (χ2v) is 8.69. The first-order valence-electron chi connectivity index (χ1n) is 9.01. The summed E-state index contributed by atoms with van der Waals surface area (Å²) in [6.07, 6.45) is 11.8. The van der Waals surface area contributed by atoms with Crippen LogP contribution in [0.5, 0.6) is 0 Å². The number of aromatic nitrogens is 3. The normalized spacial score (nSPS) is 19.2. The van der Waals surface area contributed by atoms with Gasteiger partial charge in [-0.05, 0) is 37.2 Å². The monoisotopic (exact) mass is 390 g/mol. The Kier molecular flexibility index (Phi) is 4.84. The van der Waals surface area contributed by atoms with Crippen LogP contribution in [0.3, 0.4) is 0 Å². The van der Waals surface area contributed by atoms with E-state index < -0.39 is 0 Å². The molecule has 2 aromatic rings. The van der Waals surface area contributed by atoms with Crippen LogP contribution < -0.4 is 16.4 Å². The highest BCUT2D eigenvalue weighted by Crippen LogP contribution is 2.46. The van der Waals surface area contributed by atoms with Gasteiger partial charge < -0.3 is 16.4 Å². The maximum Gasteiger partial charge on any atom is 0.147 e. The van der Waals surface area contributed by atoms with Gasteiger partial charge in [0, 0.05) is 18.0 Å². The number of pyridine rings is 1. The van der Waals surface area contributed by atoms with Crippen molar-refractivity contribution in [3.8, 4) is 0 Å². The summed E-state index contributed by atoms with van der Waals surface area (Å²) in [6, 6.07) is 1.70. The Hall–Kier alpha value is -1.73.